The number of terminal acetylenes is 1. The molecular formula is C12H10F3NO2. The second kappa shape index (κ2) is 5.56. The number of hydrogen-bond acceptors (Lipinski definition) is 2. The molecule has 0 aromatic heterocycles. The van der Waals surface area contributed by atoms with Gasteiger partial charge in [0.25, 0.3) is 0 Å². The molecule has 0 fully saturated rings. The Bertz CT molecular complexity index is 477. The third-order valence-electron chi connectivity index (χ3n) is 2.23. The fraction of sp³-hybridized carbons (Fsp3) is 0.250. The van der Waals surface area contributed by atoms with Crippen molar-refractivity contribution in [1.29, 1.82) is 0 Å². The SMILES string of the molecule is C#CCNC(C(=O)O)c1ccccc1C(F)(F)F. The standard InChI is InChI=1S/C12H10F3NO2/c1-2-7-16-10(11(17)18)8-5-3-4-6-9(8)12(13,14)15/h1,3-6,10,16H,7H2,(H,17,18). The van der Waals surface area contributed by atoms with Crippen LogP contribution < -0.4 is 5.32 Å². The van der Waals surface area contributed by atoms with E-state index >= 15 is 0 Å². The van der Waals surface area contributed by atoms with Crippen molar-refractivity contribution in [2.75, 3.05) is 6.54 Å². The van der Waals surface area contributed by atoms with Gasteiger partial charge in [-0.25, -0.2) is 0 Å². The number of aliphatic carboxylic acids is 1. The van der Waals surface area contributed by atoms with E-state index in [1.54, 1.807) is 0 Å². The van der Waals surface area contributed by atoms with Gasteiger partial charge in [-0.3, -0.25) is 10.1 Å². The van der Waals surface area contributed by atoms with Gasteiger partial charge < -0.3 is 5.11 Å². The molecule has 2 N–H and O–H groups in total. The quantitative estimate of drug-likeness (QED) is 0.812. The highest BCUT2D eigenvalue weighted by molar-refractivity contribution is 5.76. The Labute approximate surface area is 102 Å². The lowest BCUT2D eigenvalue weighted by Crippen LogP contribution is -2.30. The average Bonchev–Trinajstić information content (AvgIpc) is 2.28. The van der Waals surface area contributed by atoms with E-state index in [-0.39, 0.29) is 12.1 Å². The van der Waals surface area contributed by atoms with Crippen LogP contribution in [0.1, 0.15) is 17.2 Å². The third kappa shape index (κ3) is 3.25. The highest BCUT2D eigenvalue weighted by Crippen LogP contribution is 2.34. The molecular weight excluding hydrogens is 247 g/mol. The summed E-state index contributed by atoms with van der Waals surface area (Å²) in [6.45, 7) is -0.136. The van der Waals surface area contributed by atoms with E-state index in [0.29, 0.717) is 0 Å². The van der Waals surface area contributed by atoms with Crippen molar-refractivity contribution in [1.82, 2.24) is 5.32 Å². The summed E-state index contributed by atoms with van der Waals surface area (Å²) < 4.78 is 38.2. The third-order valence-corrected chi connectivity index (χ3v) is 2.23. The predicted octanol–water partition coefficient (Wildman–Crippen LogP) is 2.05. The van der Waals surface area contributed by atoms with E-state index < -0.39 is 23.8 Å². The zero-order chi connectivity index (χ0) is 13.8. The molecule has 0 saturated carbocycles. The molecule has 6 heteroatoms. The molecule has 0 spiro atoms. The first-order valence-electron chi connectivity index (χ1n) is 4.93. The highest BCUT2D eigenvalue weighted by Gasteiger charge is 2.36. The summed E-state index contributed by atoms with van der Waals surface area (Å²) in [4.78, 5) is 11.0. The monoisotopic (exact) mass is 257 g/mol. The number of hydrogen-bond donors (Lipinski definition) is 2. The molecule has 1 aromatic rings. The van der Waals surface area contributed by atoms with Crippen LogP contribution in [0.25, 0.3) is 0 Å². The second-order valence-electron chi connectivity index (χ2n) is 3.44. The van der Waals surface area contributed by atoms with Crippen molar-refractivity contribution in [3.63, 3.8) is 0 Å². The van der Waals surface area contributed by atoms with Crippen molar-refractivity contribution in [3.8, 4) is 12.3 Å². The van der Waals surface area contributed by atoms with E-state index in [4.69, 9.17) is 11.5 Å². The van der Waals surface area contributed by atoms with E-state index in [1.807, 2.05) is 0 Å². The van der Waals surface area contributed by atoms with E-state index in [9.17, 15) is 18.0 Å². The zero-order valence-corrected chi connectivity index (χ0v) is 9.16. The zero-order valence-electron chi connectivity index (χ0n) is 9.16. The van der Waals surface area contributed by atoms with Crippen LogP contribution >= 0.6 is 0 Å². The maximum atomic E-state index is 12.7. The second-order valence-corrected chi connectivity index (χ2v) is 3.44. The van der Waals surface area contributed by atoms with Crippen LogP contribution in [0.3, 0.4) is 0 Å². The summed E-state index contributed by atoms with van der Waals surface area (Å²) in [6, 6.07) is 3.01. The van der Waals surface area contributed by atoms with Crippen molar-refractivity contribution >= 4 is 5.97 Å². The first kappa shape index (κ1) is 14.1. The summed E-state index contributed by atoms with van der Waals surface area (Å²) in [6.07, 6.45) is 0.342. The Balaban J connectivity index is 3.21. The number of nitrogens with one attached hydrogen (secondary N) is 1. The predicted molar refractivity (Wildman–Crippen MR) is 58.7 cm³/mol. The molecule has 1 aromatic carbocycles. The van der Waals surface area contributed by atoms with E-state index in [1.165, 1.54) is 12.1 Å². The molecule has 1 atom stereocenters. The molecule has 0 saturated heterocycles. The highest BCUT2D eigenvalue weighted by atomic mass is 19.4. The first-order chi connectivity index (χ1) is 8.38. The largest absolute Gasteiger partial charge is 0.480 e. The van der Waals surface area contributed by atoms with Crippen LogP contribution in [0.5, 0.6) is 0 Å². The van der Waals surface area contributed by atoms with Gasteiger partial charge in [0.1, 0.15) is 6.04 Å². The number of carboxylic acid groups (broad SMARTS) is 1. The Hall–Kier alpha value is -2.00. The topological polar surface area (TPSA) is 49.3 Å². The lowest BCUT2D eigenvalue weighted by Gasteiger charge is -2.18. The molecule has 0 amide bonds. The van der Waals surface area contributed by atoms with Crippen LogP contribution in [0.2, 0.25) is 0 Å². The van der Waals surface area contributed by atoms with Gasteiger partial charge in [0.15, 0.2) is 0 Å². The lowest BCUT2D eigenvalue weighted by molar-refractivity contribution is -0.142. The maximum absolute atomic E-state index is 12.7. The van der Waals surface area contributed by atoms with Gasteiger partial charge in [0.2, 0.25) is 0 Å². The van der Waals surface area contributed by atoms with Gasteiger partial charge >= 0.3 is 12.1 Å². The number of rotatable bonds is 4. The van der Waals surface area contributed by atoms with Crippen molar-refractivity contribution < 1.29 is 23.1 Å². The molecule has 96 valence electrons. The van der Waals surface area contributed by atoms with Gasteiger partial charge in [0.05, 0.1) is 12.1 Å². The Morgan fingerprint density at radius 2 is 2.06 bits per heavy atom. The van der Waals surface area contributed by atoms with Crippen molar-refractivity contribution in [2.24, 2.45) is 0 Å². The minimum atomic E-state index is -4.61. The number of alkyl halides is 3. The maximum Gasteiger partial charge on any atom is 0.416 e. The smallest absolute Gasteiger partial charge is 0.416 e. The van der Waals surface area contributed by atoms with Gasteiger partial charge in [0, 0.05) is 0 Å². The molecule has 1 rings (SSSR count). The molecule has 0 bridgehead atoms. The number of carbonyl (C=O) groups is 1. The lowest BCUT2D eigenvalue weighted by atomic mass is 10.00. The normalized spacial score (nSPS) is 12.8. The van der Waals surface area contributed by atoms with Crippen LogP contribution in [-0.4, -0.2) is 17.6 Å². The summed E-state index contributed by atoms with van der Waals surface area (Å²) in [5.41, 5.74) is -1.34. The fourth-order valence-electron chi connectivity index (χ4n) is 1.50. The molecule has 18 heavy (non-hydrogen) atoms. The van der Waals surface area contributed by atoms with Gasteiger partial charge in [-0.1, -0.05) is 24.1 Å². The van der Waals surface area contributed by atoms with Crippen LogP contribution in [0.4, 0.5) is 13.2 Å². The Morgan fingerprint density at radius 3 is 2.56 bits per heavy atom. The summed E-state index contributed by atoms with van der Waals surface area (Å²) in [5.74, 6) is 0.710. The molecule has 0 aliphatic heterocycles. The molecule has 0 heterocycles. The van der Waals surface area contributed by atoms with Gasteiger partial charge in [-0.15, -0.1) is 6.42 Å². The number of halogens is 3. The number of carboxylic acids is 1. The molecule has 0 aliphatic rings. The van der Waals surface area contributed by atoms with Crippen molar-refractivity contribution in [2.45, 2.75) is 12.2 Å². The summed E-state index contributed by atoms with van der Waals surface area (Å²) in [7, 11) is 0. The Morgan fingerprint density at radius 1 is 1.44 bits per heavy atom. The minimum absolute atomic E-state index is 0.136. The van der Waals surface area contributed by atoms with Crippen LogP contribution in [0.15, 0.2) is 24.3 Å². The minimum Gasteiger partial charge on any atom is -0.480 e. The molecule has 0 aliphatic carbocycles. The average molecular weight is 257 g/mol. The van der Waals surface area contributed by atoms with Gasteiger partial charge in [-0.05, 0) is 11.6 Å². The molecule has 1 unspecified atom stereocenters. The Kier molecular flexibility index (Phi) is 4.34. The first-order valence-corrected chi connectivity index (χ1v) is 4.93. The summed E-state index contributed by atoms with van der Waals surface area (Å²) >= 11 is 0. The van der Waals surface area contributed by atoms with Gasteiger partial charge in [-0.2, -0.15) is 13.2 Å². The molecule has 0 radical (unpaired) electrons. The van der Waals surface area contributed by atoms with E-state index in [0.717, 1.165) is 12.1 Å². The van der Waals surface area contributed by atoms with Crippen molar-refractivity contribution in [3.05, 3.63) is 35.4 Å². The fourth-order valence-corrected chi connectivity index (χ4v) is 1.50. The van der Waals surface area contributed by atoms with Crippen LogP contribution in [0, 0.1) is 12.3 Å². The summed E-state index contributed by atoms with van der Waals surface area (Å²) in [5, 5.41) is 11.3. The van der Waals surface area contributed by atoms with Crippen LogP contribution in [-0.2, 0) is 11.0 Å². The molecule has 3 nitrogen and oxygen atoms in total. The van der Waals surface area contributed by atoms with E-state index in [2.05, 4.69) is 11.2 Å². The number of benzene rings is 1.